The molecule has 1 atom stereocenters. The molecule has 1 aromatic carbocycles. The van der Waals surface area contributed by atoms with Gasteiger partial charge in [0.15, 0.2) is 0 Å². The Labute approximate surface area is 114 Å². The fourth-order valence-electron chi connectivity index (χ4n) is 2.47. The number of aliphatic hydroxyl groups is 1. The third-order valence-corrected chi connectivity index (χ3v) is 3.58. The normalized spacial score (nSPS) is 17.9. The summed E-state index contributed by atoms with van der Waals surface area (Å²) in [6, 6.07) is 6.29. The van der Waals surface area contributed by atoms with Crippen molar-refractivity contribution in [3.63, 3.8) is 0 Å². The molecule has 4 nitrogen and oxygen atoms in total. The first-order valence-electron chi connectivity index (χ1n) is 6.72. The molecule has 1 saturated heterocycles. The van der Waals surface area contributed by atoms with E-state index in [4.69, 9.17) is 0 Å². The maximum absolute atomic E-state index is 11.9. The van der Waals surface area contributed by atoms with E-state index in [2.05, 4.69) is 37.4 Å². The molecular weight excluding hydrogens is 240 g/mol. The van der Waals surface area contributed by atoms with Gasteiger partial charge in [-0.3, -0.25) is 9.69 Å². The van der Waals surface area contributed by atoms with Gasteiger partial charge < -0.3 is 10.4 Å². The van der Waals surface area contributed by atoms with Crippen LogP contribution in [0.5, 0.6) is 0 Å². The largest absolute Gasteiger partial charge is 0.390 e. The second kappa shape index (κ2) is 5.72. The zero-order valence-corrected chi connectivity index (χ0v) is 11.8. The topological polar surface area (TPSA) is 52.6 Å². The first-order valence-corrected chi connectivity index (χ1v) is 6.72. The molecule has 0 aromatic heterocycles. The van der Waals surface area contributed by atoms with Crippen molar-refractivity contribution in [2.75, 3.05) is 19.6 Å². The molecular formula is C15H22N2O2. The highest BCUT2D eigenvalue weighted by atomic mass is 16.3. The Bertz CT molecular complexity index is 467. The number of rotatable bonds is 4. The minimum absolute atomic E-state index is 0.0126. The molecule has 1 fully saturated rings. The molecule has 2 N–H and O–H groups in total. The molecule has 4 heteroatoms. The van der Waals surface area contributed by atoms with E-state index in [-0.39, 0.29) is 18.1 Å². The predicted molar refractivity (Wildman–Crippen MR) is 74.9 cm³/mol. The lowest BCUT2D eigenvalue weighted by Crippen LogP contribution is -2.54. The fourth-order valence-corrected chi connectivity index (χ4v) is 2.47. The van der Waals surface area contributed by atoms with Crippen LogP contribution in [0.4, 0.5) is 0 Å². The van der Waals surface area contributed by atoms with Crippen molar-refractivity contribution < 1.29 is 9.90 Å². The maximum Gasteiger partial charge on any atom is 0.234 e. The van der Waals surface area contributed by atoms with Crippen molar-refractivity contribution in [2.24, 2.45) is 0 Å². The highest BCUT2D eigenvalue weighted by molar-refractivity contribution is 5.78. The number of aliphatic hydroxyl groups excluding tert-OH is 1. The molecule has 2 rings (SSSR count). The number of likely N-dealkylation sites (tertiary alicyclic amines) is 1. The van der Waals surface area contributed by atoms with Crippen LogP contribution in [-0.2, 0) is 4.79 Å². The SMILES string of the molecule is Cc1ccc(C)c(C(C)NC(=O)CN2CC(O)C2)c1. The van der Waals surface area contributed by atoms with Gasteiger partial charge in [-0.2, -0.15) is 0 Å². The van der Waals surface area contributed by atoms with Crippen LogP contribution in [0.15, 0.2) is 18.2 Å². The molecule has 0 spiro atoms. The standard InChI is InChI=1S/C15H22N2O2/c1-10-4-5-11(2)14(6-10)12(3)16-15(19)9-17-7-13(18)8-17/h4-6,12-13,18H,7-9H2,1-3H3,(H,16,19). The van der Waals surface area contributed by atoms with Gasteiger partial charge in [0.1, 0.15) is 0 Å². The molecule has 0 radical (unpaired) electrons. The fraction of sp³-hybridized carbons (Fsp3) is 0.533. The van der Waals surface area contributed by atoms with Crippen molar-refractivity contribution >= 4 is 5.91 Å². The Kier molecular flexibility index (Phi) is 4.22. The second-order valence-corrected chi connectivity index (χ2v) is 5.50. The number of nitrogens with one attached hydrogen (secondary N) is 1. The minimum atomic E-state index is -0.260. The summed E-state index contributed by atoms with van der Waals surface area (Å²) < 4.78 is 0. The third kappa shape index (κ3) is 3.55. The van der Waals surface area contributed by atoms with Gasteiger partial charge in [-0.05, 0) is 31.9 Å². The minimum Gasteiger partial charge on any atom is -0.390 e. The Balaban J connectivity index is 1.91. The van der Waals surface area contributed by atoms with Gasteiger partial charge in [0.25, 0.3) is 0 Å². The number of β-amino-alcohol motifs (C(OH)–C–C–N with tert-alkyl or cyclic N) is 1. The molecule has 1 unspecified atom stereocenters. The predicted octanol–water partition coefficient (Wildman–Crippen LogP) is 1.16. The van der Waals surface area contributed by atoms with Crippen molar-refractivity contribution in [1.82, 2.24) is 10.2 Å². The summed E-state index contributed by atoms with van der Waals surface area (Å²) in [5.74, 6) is 0.0142. The lowest BCUT2D eigenvalue weighted by molar-refractivity contribution is -0.125. The van der Waals surface area contributed by atoms with Crippen LogP contribution in [0.25, 0.3) is 0 Å². The molecule has 1 amide bonds. The number of amides is 1. The van der Waals surface area contributed by atoms with E-state index in [0.29, 0.717) is 19.6 Å². The first kappa shape index (κ1) is 14.0. The average molecular weight is 262 g/mol. The molecule has 0 aliphatic carbocycles. The monoisotopic (exact) mass is 262 g/mol. The molecule has 1 aromatic rings. The summed E-state index contributed by atoms with van der Waals surface area (Å²) in [6.45, 7) is 7.69. The van der Waals surface area contributed by atoms with Crippen molar-refractivity contribution in [3.05, 3.63) is 34.9 Å². The first-order chi connectivity index (χ1) is 8.95. The lowest BCUT2D eigenvalue weighted by Gasteiger charge is -2.35. The highest BCUT2D eigenvalue weighted by Gasteiger charge is 2.26. The van der Waals surface area contributed by atoms with E-state index in [9.17, 15) is 9.90 Å². The Hall–Kier alpha value is -1.39. The number of nitrogens with zero attached hydrogens (tertiary/aromatic N) is 1. The average Bonchev–Trinajstić information content (AvgIpc) is 2.30. The lowest BCUT2D eigenvalue weighted by atomic mass is 10.00. The van der Waals surface area contributed by atoms with E-state index in [1.54, 1.807) is 0 Å². The molecule has 19 heavy (non-hydrogen) atoms. The molecule has 0 saturated carbocycles. The van der Waals surface area contributed by atoms with Gasteiger partial charge in [-0.15, -0.1) is 0 Å². The van der Waals surface area contributed by atoms with E-state index in [0.717, 1.165) is 5.56 Å². The molecule has 1 heterocycles. The summed E-state index contributed by atoms with van der Waals surface area (Å²) in [6.07, 6.45) is -0.260. The molecule has 0 bridgehead atoms. The van der Waals surface area contributed by atoms with Crippen LogP contribution in [0, 0.1) is 13.8 Å². The Morgan fingerprint density at radius 2 is 2.16 bits per heavy atom. The number of carbonyl (C=O) groups excluding carboxylic acids is 1. The van der Waals surface area contributed by atoms with Gasteiger partial charge in [0.05, 0.1) is 18.7 Å². The number of benzene rings is 1. The van der Waals surface area contributed by atoms with E-state index in [1.807, 2.05) is 11.8 Å². The summed E-state index contributed by atoms with van der Waals surface area (Å²) in [5, 5.41) is 12.2. The van der Waals surface area contributed by atoms with E-state index >= 15 is 0 Å². The zero-order chi connectivity index (χ0) is 14.0. The van der Waals surface area contributed by atoms with Gasteiger partial charge in [0, 0.05) is 13.1 Å². The smallest absolute Gasteiger partial charge is 0.234 e. The van der Waals surface area contributed by atoms with Crippen LogP contribution in [0.3, 0.4) is 0 Å². The van der Waals surface area contributed by atoms with Crippen LogP contribution in [0.1, 0.15) is 29.7 Å². The quantitative estimate of drug-likeness (QED) is 0.856. The number of hydrogen-bond donors (Lipinski definition) is 2. The van der Waals surface area contributed by atoms with Crippen molar-refractivity contribution in [1.29, 1.82) is 0 Å². The summed E-state index contributed by atoms with van der Waals surface area (Å²) in [4.78, 5) is 13.8. The maximum atomic E-state index is 11.9. The molecule has 104 valence electrons. The van der Waals surface area contributed by atoms with Crippen LogP contribution >= 0.6 is 0 Å². The van der Waals surface area contributed by atoms with Gasteiger partial charge in [-0.25, -0.2) is 0 Å². The summed E-state index contributed by atoms with van der Waals surface area (Å²) in [7, 11) is 0. The van der Waals surface area contributed by atoms with E-state index in [1.165, 1.54) is 11.1 Å². The molecule has 1 aliphatic heterocycles. The second-order valence-electron chi connectivity index (χ2n) is 5.50. The number of aryl methyl sites for hydroxylation is 2. The van der Waals surface area contributed by atoms with Gasteiger partial charge >= 0.3 is 0 Å². The van der Waals surface area contributed by atoms with Crippen molar-refractivity contribution in [3.8, 4) is 0 Å². The zero-order valence-electron chi connectivity index (χ0n) is 11.8. The summed E-state index contributed by atoms with van der Waals surface area (Å²) >= 11 is 0. The number of hydrogen-bond acceptors (Lipinski definition) is 3. The third-order valence-electron chi connectivity index (χ3n) is 3.58. The number of carbonyl (C=O) groups is 1. The summed E-state index contributed by atoms with van der Waals surface area (Å²) in [5.41, 5.74) is 3.56. The Morgan fingerprint density at radius 3 is 2.79 bits per heavy atom. The van der Waals surface area contributed by atoms with Gasteiger partial charge in [0.2, 0.25) is 5.91 Å². The van der Waals surface area contributed by atoms with Crippen LogP contribution in [0.2, 0.25) is 0 Å². The van der Waals surface area contributed by atoms with Crippen LogP contribution < -0.4 is 5.32 Å². The van der Waals surface area contributed by atoms with Crippen molar-refractivity contribution in [2.45, 2.75) is 32.9 Å². The van der Waals surface area contributed by atoms with Gasteiger partial charge in [-0.1, -0.05) is 23.8 Å². The highest BCUT2D eigenvalue weighted by Crippen LogP contribution is 2.19. The Morgan fingerprint density at radius 1 is 1.47 bits per heavy atom. The molecule has 1 aliphatic rings. The van der Waals surface area contributed by atoms with Crippen LogP contribution in [-0.4, -0.2) is 41.7 Å². The van der Waals surface area contributed by atoms with E-state index < -0.39 is 0 Å².